The van der Waals surface area contributed by atoms with Gasteiger partial charge < -0.3 is 8.83 Å². The smallest absolute Gasteiger partial charge is 0.238 e. The Morgan fingerprint density at radius 1 is 0.275 bits per heavy atom. The van der Waals surface area contributed by atoms with Crippen LogP contribution in [-0.2, 0) is 0 Å². The Kier molecular flexibility index (Phi) is 7.41. The van der Waals surface area contributed by atoms with Crippen molar-refractivity contribution in [1.82, 2.24) is 39.0 Å². The molecular weight excluding hydrogens is 1290 g/mol. The Bertz CT molecular complexity index is 9390. The molecule has 0 radical (unpaired) electrons. The Balaban J connectivity index is 0.000000165. The van der Waals surface area contributed by atoms with Crippen LogP contribution >= 0.6 is 22.7 Å². The molecule has 14 aromatic carbocycles. The zero-order chi connectivity index (χ0) is 98.3. The third-order valence-corrected chi connectivity index (χ3v) is 19.3. The molecule has 22 rings (SSSR count). The first-order chi connectivity index (χ1) is 65.5. The zero-order valence-corrected chi connectivity index (χ0v) is 53.1. The normalized spacial score (nSPS) is 16.9. The summed E-state index contributed by atoms with van der Waals surface area (Å²) in [6.45, 7) is 0. The summed E-state index contributed by atoms with van der Waals surface area (Å²) in [4.78, 5) is 28.9. The number of benzene rings is 14. The molecular formula is C90H52N8O2S2. The maximum Gasteiger partial charge on any atom is 0.238 e. The van der Waals surface area contributed by atoms with Gasteiger partial charge in [0.25, 0.3) is 0 Å². The van der Waals surface area contributed by atoms with E-state index in [4.69, 9.17) is 70.8 Å². The lowest BCUT2D eigenvalue weighted by Gasteiger charge is -2.11. The van der Waals surface area contributed by atoms with E-state index in [1.807, 2.05) is 0 Å². The highest BCUT2D eigenvalue weighted by Crippen LogP contribution is 2.47. The monoisotopic (exact) mass is 1380 g/mol. The first kappa shape index (κ1) is 32.6. The quantitative estimate of drug-likeness (QED) is 0.148. The minimum absolute atomic E-state index is 0.00543. The van der Waals surface area contributed by atoms with Gasteiger partial charge in [-0.05, 0) is 94.8 Å². The summed E-state index contributed by atoms with van der Waals surface area (Å²) in [7, 11) is 0. The fourth-order valence-corrected chi connectivity index (χ4v) is 14.8. The number of aromatic nitrogens is 8. The van der Waals surface area contributed by atoms with Gasteiger partial charge in [-0.3, -0.25) is 9.13 Å². The van der Waals surface area contributed by atoms with Crippen LogP contribution < -0.4 is 0 Å². The fourth-order valence-electron chi connectivity index (χ4n) is 12.9. The second-order valence-electron chi connectivity index (χ2n) is 22.9. The molecule has 0 amide bonds. The van der Waals surface area contributed by atoms with Gasteiger partial charge in [0.05, 0.1) is 71.4 Å². The highest BCUT2D eigenvalue weighted by molar-refractivity contribution is 7.26. The second kappa shape index (κ2) is 23.2. The predicted octanol–water partition coefficient (Wildman–Crippen LogP) is 24.5. The number of furan rings is 2. The molecule has 0 fully saturated rings. The Hall–Kier alpha value is -13.3. The van der Waals surface area contributed by atoms with Gasteiger partial charge in [0.2, 0.25) is 11.9 Å². The van der Waals surface area contributed by atoms with Gasteiger partial charge in [0, 0.05) is 106 Å². The highest BCUT2D eigenvalue weighted by Gasteiger charge is 2.25. The molecule has 0 spiro atoms. The molecule has 0 aliphatic heterocycles. The summed E-state index contributed by atoms with van der Waals surface area (Å²) in [6, 6.07) is 6.16. The lowest BCUT2D eigenvalue weighted by Crippen LogP contribution is -2.06. The number of fused-ring (bicyclic) bond motifs is 20. The van der Waals surface area contributed by atoms with Crippen molar-refractivity contribution in [3.63, 3.8) is 0 Å². The van der Waals surface area contributed by atoms with Crippen molar-refractivity contribution in [1.29, 1.82) is 0 Å². The summed E-state index contributed by atoms with van der Waals surface area (Å²) in [5, 5.41) is -0.290. The van der Waals surface area contributed by atoms with Crippen molar-refractivity contribution >= 4 is 151 Å². The first-order valence-corrected chi connectivity index (χ1v) is 32.6. The molecule has 8 aromatic heterocycles. The lowest BCUT2D eigenvalue weighted by molar-refractivity contribution is 0.668. The number of thiophene rings is 2. The third kappa shape index (κ3) is 9.24. The van der Waals surface area contributed by atoms with E-state index in [1.54, 1.807) is 97.1 Å². The highest BCUT2D eigenvalue weighted by atomic mass is 32.1. The largest absolute Gasteiger partial charge is 0.456 e. The predicted molar refractivity (Wildman–Crippen MR) is 421 cm³/mol. The van der Waals surface area contributed by atoms with E-state index in [-0.39, 0.29) is 148 Å². The van der Waals surface area contributed by atoms with E-state index >= 15 is 0 Å². The zero-order valence-electron chi connectivity index (χ0n) is 87.4. The van der Waals surface area contributed by atoms with E-state index in [1.165, 1.54) is 4.57 Å². The summed E-state index contributed by atoms with van der Waals surface area (Å²) >= 11 is 1.71. The standard InChI is InChI=1S/2C45H26N4OS/c2*1-3-12-27(13-4-1)30-18-11-20-36-40(30)33-23-22-29(26-37(33)50-36)44-46-43(28-14-5-2-6-15-28)47-45(48-44)49-35-19-9-7-16-31(35)32-24-25-39-41(42(32)49)34-17-8-10-21-38(34)51-39/h2*1-26H/i1D,3D,4D,7D,8D,9D,10D,11D,12D,13D,16D,17D,18D,19D,20D,21D,22D,23D,24D,25D,26D;1D,3D,4D,7D,8D,9D,10D,12D,13D,16D,17D,19D,21D,24D,25D. The molecule has 0 aliphatic rings. The van der Waals surface area contributed by atoms with E-state index in [0.717, 1.165) is 27.2 Å². The van der Waals surface area contributed by atoms with Crippen LogP contribution in [0.25, 0.3) is 208 Å². The Morgan fingerprint density at radius 3 is 1.35 bits per heavy atom. The van der Waals surface area contributed by atoms with Crippen molar-refractivity contribution in [2.75, 3.05) is 0 Å². The summed E-state index contributed by atoms with van der Waals surface area (Å²) in [5.74, 6) is -1.09. The summed E-state index contributed by atoms with van der Waals surface area (Å²) in [5.41, 5.74) is -0.802. The second-order valence-corrected chi connectivity index (χ2v) is 24.9. The fraction of sp³-hybridized carbons (Fsp3) is 0. The Labute approximate surface area is 640 Å². The molecule has 476 valence electrons. The molecule has 12 heteroatoms. The van der Waals surface area contributed by atoms with E-state index in [2.05, 4.69) is 4.98 Å². The summed E-state index contributed by atoms with van der Waals surface area (Å²) in [6.07, 6.45) is 0. The van der Waals surface area contributed by atoms with Crippen molar-refractivity contribution in [2.45, 2.75) is 0 Å². The van der Waals surface area contributed by atoms with Crippen LogP contribution in [0.5, 0.6) is 0 Å². The number of hydrogen-bond acceptors (Lipinski definition) is 10. The van der Waals surface area contributed by atoms with Crippen LogP contribution in [0.1, 0.15) is 49.3 Å². The minimum atomic E-state index is -0.779. The van der Waals surface area contributed by atoms with E-state index in [9.17, 15) is 12.3 Å². The van der Waals surface area contributed by atoms with Gasteiger partial charge in [-0.25, -0.2) is 9.97 Å². The van der Waals surface area contributed by atoms with E-state index < -0.39 is 233 Å². The third-order valence-electron chi connectivity index (χ3n) is 17.2. The molecule has 0 N–H and O–H groups in total. The molecule has 0 saturated carbocycles. The average Bonchev–Trinajstić information content (AvgIpc) is 1.52. The van der Waals surface area contributed by atoms with Gasteiger partial charge in [-0.1, -0.05) is 242 Å². The van der Waals surface area contributed by atoms with Gasteiger partial charge in [-0.15, -0.1) is 22.7 Å². The molecule has 10 nitrogen and oxygen atoms in total. The number of para-hydroxylation sites is 2. The summed E-state index contributed by atoms with van der Waals surface area (Å²) < 4.78 is 333. The topological polar surface area (TPSA) is 113 Å². The number of rotatable bonds is 8. The van der Waals surface area contributed by atoms with Crippen molar-refractivity contribution in [2.24, 2.45) is 0 Å². The van der Waals surface area contributed by atoms with Crippen molar-refractivity contribution in [3.05, 3.63) is 315 Å². The van der Waals surface area contributed by atoms with E-state index in [0.29, 0.717) is 44.2 Å². The molecule has 8 heterocycles. The maximum absolute atomic E-state index is 9.65. The van der Waals surface area contributed by atoms with Crippen molar-refractivity contribution in [3.8, 4) is 79.7 Å². The molecule has 0 atom stereocenters. The molecule has 102 heavy (non-hydrogen) atoms. The van der Waals surface area contributed by atoms with Crippen LogP contribution in [-0.4, -0.2) is 39.0 Å². The maximum atomic E-state index is 9.65. The molecule has 0 bridgehead atoms. The SMILES string of the molecule is [2H]c1c([2H])c([2H])c(-c2c([2H])c([2H])c([2H])c3oc4c([2H])c(-c5nc(-c6ccccc6)nc(-n6c7c([2H])c([2H])c([2H])c([2H])c7c7c([2H])c([2H])c8sc9c([2H])c([2H])c([2H])c([2H])c9c8c76)n5)c([2H])c([2H])c4c23)c([2H])c1[2H].[2H]c1c([2H])c([2H])c(-c2cccc3oc4cc(-c5nc(-c6ccccc6)nc(-n6c7c([2H])c([2H])c([2H])c([2H])c7c7c([2H])c([2H])c8sc9c([2H])c([2H])c([2H])c([2H])c9c8c76)n5)ccc4c23)c([2H])c1[2H]. The molecule has 22 aromatic rings. The Morgan fingerprint density at radius 2 is 0.765 bits per heavy atom. The van der Waals surface area contributed by atoms with Gasteiger partial charge in [0.1, 0.15) is 22.3 Å². The van der Waals surface area contributed by atoms with Gasteiger partial charge in [-0.2, -0.15) is 19.9 Å². The number of nitrogens with zero attached hydrogens (tertiary/aromatic N) is 8. The molecule has 0 aliphatic carbocycles. The minimum Gasteiger partial charge on any atom is -0.456 e. The lowest BCUT2D eigenvalue weighted by atomic mass is 9.99. The van der Waals surface area contributed by atoms with Crippen LogP contribution in [0, 0.1) is 0 Å². The van der Waals surface area contributed by atoms with Gasteiger partial charge in [0.15, 0.2) is 23.3 Å². The van der Waals surface area contributed by atoms with Crippen LogP contribution in [0.4, 0.5) is 0 Å². The van der Waals surface area contributed by atoms with Gasteiger partial charge >= 0.3 is 0 Å². The van der Waals surface area contributed by atoms with Crippen LogP contribution in [0.2, 0.25) is 0 Å². The number of hydrogen-bond donors (Lipinski definition) is 0. The van der Waals surface area contributed by atoms with Crippen LogP contribution in [0.3, 0.4) is 0 Å². The average molecular weight is 1380 g/mol. The van der Waals surface area contributed by atoms with Crippen molar-refractivity contribution < 1.29 is 58.2 Å². The molecule has 0 saturated heterocycles. The molecule has 0 unspecified atom stereocenters. The van der Waals surface area contributed by atoms with Crippen LogP contribution in [0.15, 0.2) is 323 Å². The first-order valence-electron chi connectivity index (χ1n) is 49.0.